The highest BCUT2D eigenvalue weighted by Gasteiger charge is 2.13. The zero-order chi connectivity index (χ0) is 19.2. The van der Waals surface area contributed by atoms with Gasteiger partial charge in [-0.1, -0.05) is 29.5 Å². The van der Waals surface area contributed by atoms with E-state index in [-0.39, 0.29) is 13.0 Å². The second kappa shape index (κ2) is 8.64. The molecule has 7 nitrogen and oxygen atoms in total. The Morgan fingerprint density at radius 2 is 1.93 bits per heavy atom. The summed E-state index contributed by atoms with van der Waals surface area (Å²) in [5, 5.41) is 26.8. The number of para-hydroxylation sites is 1. The van der Waals surface area contributed by atoms with E-state index in [1.165, 1.54) is 0 Å². The molecule has 0 spiro atoms. The molecule has 3 rings (SSSR count). The van der Waals surface area contributed by atoms with E-state index in [0.29, 0.717) is 26.1 Å². The Hall–Kier alpha value is -2.93. The summed E-state index contributed by atoms with van der Waals surface area (Å²) in [4.78, 5) is 12.9. The summed E-state index contributed by atoms with van der Waals surface area (Å²) in [6.45, 7) is 3.93. The molecule has 142 valence electrons. The first-order valence-electron chi connectivity index (χ1n) is 9.04. The van der Waals surface area contributed by atoms with Gasteiger partial charge in [0, 0.05) is 25.2 Å². The summed E-state index contributed by atoms with van der Waals surface area (Å²) in [5.41, 5.74) is 4.77. The van der Waals surface area contributed by atoms with Crippen LogP contribution in [0, 0.1) is 6.92 Å². The van der Waals surface area contributed by atoms with Gasteiger partial charge in [0.15, 0.2) is 0 Å². The summed E-state index contributed by atoms with van der Waals surface area (Å²) in [7, 11) is 0. The van der Waals surface area contributed by atoms with Gasteiger partial charge in [-0.15, -0.1) is 5.10 Å². The maximum absolute atomic E-state index is 10.8. The molecule has 1 heterocycles. The first kappa shape index (κ1) is 18.8. The molecule has 0 aliphatic rings. The third-order valence-corrected chi connectivity index (χ3v) is 4.73. The van der Waals surface area contributed by atoms with Gasteiger partial charge in [-0.05, 0) is 42.7 Å². The number of aliphatic hydroxyl groups is 1. The van der Waals surface area contributed by atoms with Gasteiger partial charge in [0.1, 0.15) is 5.52 Å². The van der Waals surface area contributed by atoms with E-state index in [9.17, 15) is 9.90 Å². The third-order valence-electron chi connectivity index (χ3n) is 4.73. The summed E-state index contributed by atoms with van der Waals surface area (Å²) in [6, 6.07) is 13.9. The van der Waals surface area contributed by atoms with Crippen molar-refractivity contribution in [1.29, 1.82) is 0 Å². The molecule has 0 aliphatic heterocycles. The fourth-order valence-corrected chi connectivity index (χ4v) is 3.23. The van der Waals surface area contributed by atoms with Crippen LogP contribution < -0.4 is 4.90 Å². The topological polar surface area (TPSA) is 91.5 Å². The van der Waals surface area contributed by atoms with Crippen molar-refractivity contribution in [2.45, 2.75) is 26.3 Å². The maximum atomic E-state index is 10.8. The lowest BCUT2D eigenvalue weighted by Crippen LogP contribution is -2.30. The minimum absolute atomic E-state index is 0.0824. The van der Waals surface area contributed by atoms with Crippen molar-refractivity contribution in [3.8, 4) is 0 Å². The molecule has 0 saturated carbocycles. The average Bonchev–Trinajstić information content (AvgIpc) is 3.09. The lowest BCUT2D eigenvalue weighted by atomic mass is 10.0. The number of anilines is 1. The zero-order valence-electron chi connectivity index (χ0n) is 15.4. The molecule has 1 aromatic heterocycles. The van der Waals surface area contributed by atoms with Crippen molar-refractivity contribution < 1.29 is 15.0 Å². The quantitative estimate of drug-likeness (QED) is 0.602. The number of aryl methyl sites for hydroxylation is 2. The van der Waals surface area contributed by atoms with Crippen LogP contribution in [0.2, 0.25) is 0 Å². The Morgan fingerprint density at radius 1 is 1.15 bits per heavy atom. The molecule has 0 atom stereocenters. The number of nitrogens with zero attached hydrogens (tertiary/aromatic N) is 4. The van der Waals surface area contributed by atoms with Crippen LogP contribution in [0.5, 0.6) is 0 Å². The number of rotatable bonds is 9. The largest absolute Gasteiger partial charge is 0.481 e. The molecule has 0 bridgehead atoms. The van der Waals surface area contributed by atoms with Gasteiger partial charge in [0.25, 0.3) is 0 Å². The first-order chi connectivity index (χ1) is 13.1. The van der Waals surface area contributed by atoms with Gasteiger partial charge in [-0.2, -0.15) is 0 Å². The van der Waals surface area contributed by atoms with Crippen LogP contribution in [0.25, 0.3) is 11.0 Å². The Balaban J connectivity index is 1.77. The molecular formula is C20H24N4O3. The van der Waals surface area contributed by atoms with Crippen LogP contribution >= 0.6 is 0 Å². The normalized spacial score (nSPS) is 11.0. The molecule has 0 saturated heterocycles. The molecule has 2 aromatic carbocycles. The number of carbonyl (C=O) groups is 1. The number of fused-ring (bicyclic) bond motifs is 1. The van der Waals surface area contributed by atoms with Crippen molar-refractivity contribution in [3.63, 3.8) is 0 Å². The average molecular weight is 368 g/mol. The lowest BCUT2D eigenvalue weighted by Gasteiger charge is -2.23. The van der Waals surface area contributed by atoms with E-state index in [1.807, 2.05) is 54.1 Å². The van der Waals surface area contributed by atoms with Crippen molar-refractivity contribution in [3.05, 3.63) is 53.6 Å². The van der Waals surface area contributed by atoms with Gasteiger partial charge in [0.2, 0.25) is 0 Å². The summed E-state index contributed by atoms with van der Waals surface area (Å²) in [5.74, 6) is -0.803. The highest BCUT2D eigenvalue weighted by Crippen LogP contribution is 2.21. The molecular weight excluding hydrogens is 344 g/mol. The highest BCUT2D eigenvalue weighted by atomic mass is 16.4. The van der Waals surface area contributed by atoms with Gasteiger partial charge in [0.05, 0.1) is 18.7 Å². The third kappa shape index (κ3) is 4.43. The molecule has 0 unspecified atom stereocenters. The number of hydrogen-bond acceptors (Lipinski definition) is 5. The van der Waals surface area contributed by atoms with Crippen LogP contribution in [-0.2, 0) is 17.8 Å². The Labute approximate surface area is 157 Å². The lowest BCUT2D eigenvalue weighted by molar-refractivity contribution is -0.136. The molecule has 27 heavy (non-hydrogen) atoms. The number of benzene rings is 2. The van der Waals surface area contributed by atoms with Crippen LogP contribution in [0.15, 0.2) is 42.5 Å². The Kier molecular flexibility index (Phi) is 6.03. The monoisotopic (exact) mass is 368 g/mol. The fourth-order valence-electron chi connectivity index (χ4n) is 3.23. The standard InChI is InChI=1S/C20H24N4O3/c1-15-16(8-10-19(26)27)7-9-18-20(15)21-22-24(18)12-11-23(13-14-25)17-5-3-2-4-6-17/h2-7,9,25H,8,10-14H2,1H3,(H,26,27). The van der Waals surface area contributed by atoms with Crippen LogP contribution in [0.3, 0.4) is 0 Å². The first-order valence-corrected chi connectivity index (χ1v) is 9.04. The minimum Gasteiger partial charge on any atom is -0.481 e. The molecule has 0 amide bonds. The summed E-state index contributed by atoms with van der Waals surface area (Å²) in [6.07, 6.45) is 0.593. The Morgan fingerprint density at radius 3 is 2.63 bits per heavy atom. The van der Waals surface area contributed by atoms with Crippen LogP contribution in [-0.4, -0.2) is 50.9 Å². The van der Waals surface area contributed by atoms with E-state index in [1.54, 1.807) is 0 Å². The van der Waals surface area contributed by atoms with Gasteiger partial charge in [-0.3, -0.25) is 4.79 Å². The van der Waals surface area contributed by atoms with Gasteiger partial charge < -0.3 is 15.1 Å². The van der Waals surface area contributed by atoms with E-state index in [4.69, 9.17) is 5.11 Å². The molecule has 7 heteroatoms. The molecule has 2 N–H and O–H groups in total. The van der Waals surface area contributed by atoms with Crippen LogP contribution in [0.4, 0.5) is 5.69 Å². The number of hydrogen-bond donors (Lipinski definition) is 2. The van der Waals surface area contributed by atoms with Gasteiger partial charge >= 0.3 is 5.97 Å². The second-order valence-corrected chi connectivity index (χ2v) is 6.47. The summed E-state index contributed by atoms with van der Waals surface area (Å²) < 4.78 is 1.86. The fraction of sp³-hybridized carbons (Fsp3) is 0.350. The predicted molar refractivity (Wildman–Crippen MR) is 104 cm³/mol. The molecule has 3 aromatic rings. The molecule has 0 radical (unpaired) electrons. The smallest absolute Gasteiger partial charge is 0.303 e. The zero-order valence-corrected chi connectivity index (χ0v) is 15.4. The number of carboxylic acid groups (broad SMARTS) is 1. The van der Waals surface area contributed by atoms with E-state index >= 15 is 0 Å². The number of aliphatic hydroxyl groups excluding tert-OH is 1. The molecule has 0 aliphatic carbocycles. The van der Waals surface area contributed by atoms with E-state index < -0.39 is 5.97 Å². The van der Waals surface area contributed by atoms with Crippen molar-refractivity contribution in [1.82, 2.24) is 15.0 Å². The number of carboxylic acids is 1. The SMILES string of the molecule is Cc1c(CCC(=O)O)ccc2c1nnn2CCN(CCO)c1ccccc1. The Bertz CT molecular complexity index is 908. The number of aliphatic carboxylic acids is 1. The maximum Gasteiger partial charge on any atom is 0.303 e. The minimum atomic E-state index is -0.803. The van der Waals surface area contributed by atoms with E-state index in [0.717, 1.165) is 27.8 Å². The summed E-state index contributed by atoms with van der Waals surface area (Å²) >= 11 is 0. The second-order valence-electron chi connectivity index (χ2n) is 6.47. The highest BCUT2D eigenvalue weighted by molar-refractivity contribution is 5.79. The van der Waals surface area contributed by atoms with Crippen LogP contribution in [0.1, 0.15) is 17.5 Å². The van der Waals surface area contributed by atoms with Crippen molar-refractivity contribution >= 4 is 22.7 Å². The number of aromatic nitrogens is 3. The molecule has 0 fully saturated rings. The van der Waals surface area contributed by atoms with E-state index in [2.05, 4.69) is 15.2 Å². The van der Waals surface area contributed by atoms with Crippen molar-refractivity contribution in [2.24, 2.45) is 0 Å². The van der Waals surface area contributed by atoms with Gasteiger partial charge in [-0.25, -0.2) is 4.68 Å². The predicted octanol–water partition coefficient (Wildman–Crippen LogP) is 2.26. The van der Waals surface area contributed by atoms with Crippen molar-refractivity contribution in [2.75, 3.05) is 24.6 Å².